The number of benzene rings is 1. The molecule has 1 fully saturated rings. The maximum atomic E-state index is 12.7. The van der Waals surface area contributed by atoms with Crippen molar-refractivity contribution in [2.75, 3.05) is 37.4 Å². The Hall–Kier alpha value is -2.88. The summed E-state index contributed by atoms with van der Waals surface area (Å²) in [4.78, 5) is 25.5. The molecule has 0 aliphatic carbocycles. The number of nitrogens with zero attached hydrogens (tertiary/aromatic N) is 3. The molecular weight excluding hydrogens is 441 g/mol. The van der Waals surface area contributed by atoms with Crippen LogP contribution < -0.4 is 26.4 Å². The molecule has 9 nitrogen and oxygen atoms in total. The molecule has 1 aliphatic rings. The Morgan fingerprint density at radius 2 is 2.16 bits per heavy atom. The number of para-hydroxylation sites is 1. The largest absolute Gasteiger partial charge is 0.480 e. The van der Waals surface area contributed by atoms with E-state index in [1.54, 1.807) is 24.4 Å². The first kappa shape index (κ1) is 22.8. The summed E-state index contributed by atoms with van der Waals surface area (Å²) < 4.78 is 5.26. The minimum Gasteiger partial charge on any atom is -0.480 e. The number of aromatic nitrogens is 2. The van der Waals surface area contributed by atoms with Crippen LogP contribution in [-0.4, -0.2) is 48.8 Å². The molecule has 0 bridgehead atoms. The fourth-order valence-electron chi connectivity index (χ4n) is 2.95. The second kappa shape index (κ2) is 10.9. The fourth-order valence-corrected chi connectivity index (χ4v) is 3.44. The quantitative estimate of drug-likeness (QED) is 0.443. The number of anilines is 2. The zero-order chi connectivity index (χ0) is 22.2. The Labute approximate surface area is 190 Å². The lowest BCUT2D eigenvalue weighted by atomic mass is 10.1. The van der Waals surface area contributed by atoms with E-state index >= 15 is 0 Å². The molecule has 0 radical (unpaired) electrons. The Morgan fingerprint density at radius 3 is 2.81 bits per heavy atom. The van der Waals surface area contributed by atoms with Crippen molar-refractivity contribution in [3.63, 3.8) is 0 Å². The van der Waals surface area contributed by atoms with Gasteiger partial charge in [-0.15, -0.1) is 0 Å². The molecule has 31 heavy (non-hydrogen) atoms. The Bertz CT molecular complexity index is 971. The van der Waals surface area contributed by atoms with Gasteiger partial charge >= 0.3 is 0 Å². The van der Waals surface area contributed by atoms with Crippen LogP contribution >= 0.6 is 23.2 Å². The molecule has 1 aromatic carbocycles. The second-order valence-electron chi connectivity index (χ2n) is 6.77. The van der Waals surface area contributed by atoms with Crippen LogP contribution in [0.2, 0.25) is 10.0 Å². The number of nitrogens with two attached hydrogens (primary N) is 1. The molecule has 0 saturated carbocycles. The average molecular weight is 464 g/mol. The maximum absolute atomic E-state index is 12.7. The molecule has 11 heteroatoms. The van der Waals surface area contributed by atoms with Crippen molar-refractivity contribution >= 4 is 47.0 Å². The van der Waals surface area contributed by atoms with Crippen LogP contribution in [0.4, 0.5) is 11.6 Å². The van der Waals surface area contributed by atoms with Crippen molar-refractivity contribution in [2.45, 2.75) is 6.42 Å². The maximum Gasteiger partial charge on any atom is 0.262 e. The first-order valence-corrected chi connectivity index (χ1v) is 10.3. The number of nitrogens with one attached hydrogen (secondary N) is 3. The zero-order valence-corrected chi connectivity index (χ0v) is 18.4. The third-order valence-electron chi connectivity index (χ3n) is 4.59. The van der Waals surface area contributed by atoms with Crippen molar-refractivity contribution in [2.24, 2.45) is 16.6 Å². The molecular formula is C20H23Cl2N7O2. The van der Waals surface area contributed by atoms with E-state index in [0.717, 1.165) is 19.5 Å². The van der Waals surface area contributed by atoms with Gasteiger partial charge in [-0.25, -0.2) is 4.98 Å². The summed E-state index contributed by atoms with van der Waals surface area (Å²) in [5, 5.41) is 9.53. The third kappa shape index (κ3) is 6.06. The number of carbonyl (C=O) groups is 1. The Kier molecular flexibility index (Phi) is 8.05. The number of rotatable bonds is 8. The van der Waals surface area contributed by atoms with Gasteiger partial charge in [-0.05, 0) is 37.6 Å². The van der Waals surface area contributed by atoms with Gasteiger partial charge in [-0.2, -0.15) is 4.98 Å². The van der Waals surface area contributed by atoms with E-state index in [4.69, 9.17) is 33.7 Å². The van der Waals surface area contributed by atoms with E-state index in [2.05, 4.69) is 30.9 Å². The zero-order valence-electron chi connectivity index (χ0n) is 16.9. The normalized spacial score (nSPS) is 16.5. The smallest absolute Gasteiger partial charge is 0.262 e. The van der Waals surface area contributed by atoms with Crippen LogP contribution in [0.15, 0.2) is 41.3 Å². The van der Waals surface area contributed by atoms with Gasteiger partial charge in [-0.3, -0.25) is 9.79 Å². The number of halogens is 2. The summed E-state index contributed by atoms with van der Waals surface area (Å²) in [5.74, 6) is 0.286. The number of carbonyl (C=O) groups excluding carboxylic acids is 1. The number of allylic oxidation sites excluding steroid dienone is 1. The highest BCUT2D eigenvalue weighted by Gasteiger charge is 2.18. The van der Waals surface area contributed by atoms with Crippen molar-refractivity contribution in [1.82, 2.24) is 15.3 Å². The van der Waals surface area contributed by atoms with Gasteiger partial charge in [0.15, 0.2) is 0 Å². The molecule has 1 aliphatic heterocycles. The average Bonchev–Trinajstić information content (AvgIpc) is 3.29. The van der Waals surface area contributed by atoms with Crippen LogP contribution in [0.25, 0.3) is 0 Å². The number of hydrogen-bond donors (Lipinski definition) is 4. The number of amides is 1. The van der Waals surface area contributed by atoms with E-state index in [0.29, 0.717) is 33.9 Å². The highest BCUT2D eigenvalue weighted by Crippen LogP contribution is 2.30. The standard InChI is InChI=1S/C20H23Cl2N7O2/c1-31-19-14(18(30)28-17-15(21)3-2-4-16(17)22)11-26-20(29-19)27-13(7-23)10-25-9-12-5-6-24-8-12/h2-4,7,10-12,24H,5-6,8-9,23H2,1H3,(H,28,30)(H,26,27,29)/b13-7+,25-10?. The van der Waals surface area contributed by atoms with Gasteiger partial charge in [-0.1, -0.05) is 29.3 Å². The number of methoxy groups -OCH3 is 1. The first-order chi connectivity index (χ1) is 15.0. The predicted octanol–water partition coefficient (Wildman–Crippen LogP) is 2.94. The minimum absolute atomic E-state index is 0.0727. The van der Waals surface area contributed by atoms with E-state index in [1.807, 2.05) is 0 Å². The molecule has 164 valence electrons. The third-order valence-corrected chi connectivity index (χ3v) is 5.22. The van der Waals surface area contributed by atoms with Gasteiger partial charge in [0.25, 0.3) is 5.91 Å². The second-order valence-corrected chi connectivity index (χ2v) is 7.58. The summed E-state index contributed by atoms with van der Waals surface area (Å²) in [6, 6.07) is 4.92. The SMILES string of the molecule is COc1nc(N/C(C=NCC2CCNC2)=C/N)ncc1C(=O)Nc1c(Cl)cccc1Cl. The number of aliphatic imine (C=N–C) groups is 1. The molecule has 1 unspecified atom stereocenters. The summed E-state index contributed by atoms with van der Waals surface area (Å²) in [6.45, 7) is 2.70. The van der Waals surface area contributed by atoms with Gasteiger partial charge < -0.3 is 26.4 Å². The molecule has 2 aromatic rings. The first-order valence-electron chi connectivity index (χ1n) is 9.57. The number of ether oxygens (including phenoxy) is 1. The lowest BCUT2D eigenvalue weighted by Gasteiger charge is -2.12. The van der Waals surface area contributed by atoms with Crippen molar-refractivity contribution in [1.29, 1.82) is 0 Å². The van der Waals surface area contributed by atoms with Crippen LogP contribution in [0.5, 0.6) is 5.88 Å². The summed E-state index contributed by atoms with van der Waals surface area (Å²) in [7, 11) is 1.40. The van der Waals surface area contributed by atoms with Crippen molar-refractivity contribution < 1.29 is 9.53 Å². The lowest BCUT2D eigenvalue weighted by molar-refractivity contribution is 0.102. The highest BCUT2D eigenvalue weighted by molar-refractivity contribution is 6.40. The van der Waals surface area contributed by atoms with Crippen LogP contribution in [0.1, 0.15) is 16.8 Å². The molecule has 5 N–H and O–H groups in total. The van der Waals surface area contributed by atoms with E-state index in [1.165, 1.54) is 19.5 Å². The van der Waals surface area contributed by atoms with Crippen LogP contribution in [0.3, 0.4) is 0 Å². The molecule has 0 spiro atoms. The summed E-state index contributed by atoms with van der Waals surface area (Å²) in [5.41, 5.74) is 6.60. The molecule has 1 aromatic heterocycles. The van der Waals surface area contributed by atoms with E-state index in [-0.39, 0.29) is 17.4 Å². The van der Waals surface area contributed by atoms with Gasteiger partial charge in [0, 0.05) is 25.2 Å². The van der Waals surface area contributed by atoms with E-state index < -0.39 is 5.91 Å². The molecule has 1 amide bonds. The van der Waals surface area contributed by atoms with Crippen LogP contribution in [0, 0.1) is 5.92 Å². The fraction of sp³-hybridized carbons (Fsp3) is 0.300. The number of hydrogen-bond acceptors (Lipinski definition) is 8. The molecule has 2 heterocycles. The molecule has 1 saturated heterocycles. The van der Waals surface area contributed by atoms with Crippen molar-refractivity contribution in [3.05, 3.63) is 51.9 Å². The summed E-state index contributed by atoms with van der Waals surface area (Å²) >= 11 is 12.2. The Balaban J connectivity index is 1.69. The van der Waals surface area contributed by atoms with Crippen molar-refractivity contribution in [3.8, 4) is 5.88 Å². The minimum atomic E-state index is -0.514. The van der Waals surface area contributed by atoms with Gasteiger partial charge in [0.2, 0.25) is 11.8 Å². The topological polar surface area (TPSA) is 127 Å². The predicted molar refractivity (Wildman–Crippen MR) is 123 cm³/mol. The highest BCUT2D eigenvalue weighted by atomic mass is 35.5. The van der Waals surface area contributed by atoms with Crippen LogP contribution in [-0.2, 0) is 0 Å². The van der Waals surface area contributed by atoms with E-state index in [9.17, 15) is 4.79 Å². The molecule has 3 rings (SSSR count). The lowest BCUT2D eigenvalue weighted by Crippen LogP contribution is -2.16. The van der Waals surface area contributed by atoms with Gasteiger partial charge in [0.05, 0.1) is 28.5 Å². The van der Waals surface area contributed by atoms with Gasteiger partial charge in [0.1, 0.15) is 5.56 Å². The monoisotopic (exact) mass is 463 g/mol. The Morgan fingerprint density at radius 1 is 1.39 bits per heavy atom. The summed E-state index contributed by atoms with van der Waals surface area (Å²) in [6.07, 6.45) is 5.44. The molecule has 1 atom stereocenters.